The fourth-order valence-electron chi connectivity index (χ4n) is 2.24. The van der Waals surface area contributed by atoms with E-state index < -0.39 is 12.1 Å². The minimum atomic E-state index is -0.615. The summed E-state index contributed by atoms with van der Waals surface area (Å²) in [5.41, 5.74) is 0. The molecule has 0 spiro atoms. The molecule has 1 unspecified atom stereocenters. The summed E-state index contributed by atoms with van der Waals surface area (Å²) >= 11 is 0. The van der Waals surface area contributed by atoms with E-state index in [9.17, 15) is 14.4 Å². The van der Waals surface area contributed by atoms with Gasteiger partial charge in [-0.25, -0.2) is 4.79 Å². The lowest BCUT2D eigenvalue weighted by Gasteiger charge is -2.43. The molecule has 22 heavy (non-hydrogen) atoms. The first-order valence-electron chi connectivity index (χ1n) is 7.70. The highest BCUT2D eigenvalue weighted by molar-refractivity contribution is 5.87. The molecule has 126 valence electrons. The van der Waals surface area contributed by atoms with Crippen molar-refractivity contribution in [2.45, 2.75) is 46.2 Å². The van der Waals surface area contributed by atoms with Gasteiger partial charge in [0.2, 0.25) is 11.8 Å². The Labute approximate surface area is 131 Å². The third kappa shape index (κ3) is 4.61. The van der Waals surface area contributed by atoms with E-state index >= 15 is 0 Å². The van der Waals surface area contributed by atoms with E-state index in [1.165, 1.54) is 7.11 Å². The molecule has 7 nitrogen and oxygen atoms in total. The van der Waals surface area contributed by atoms with Gasteiger partial charge in [-0.05, 0) is 12.3 Å². The zero-order valence-corrected chi connectivity index (χ0v) is 14.0. The van der Waals surface area contributed by atoms with Crippen LogP contribution in [0, 0.1) is 11.8 Å². The fourth-order valence-corrected chi connectivity index (χ4v) is 2.24. The van der Waals surface area contributed by atoms with E-state index in [2.05, 4.69) is 15.4 Å². The van der Waals surface area contributed by atoms with Crippen LogP contribution in [0.1, 0.15) is 34.1 Å². The highest BCUT2D eigenvalue weighted by atomic mass is 16.5. The second-order valence-electron chi connectivity index (χ2n) is 6.23. The molecule has 1 aliphatic rings. The third-order valence-corrected chi connectivity index (χ3v) is 3.85. The topological polar surface area (TPSA) is 87.7 Å². The second kappa shape index (κ2) is 8.00. The Bertz CT molecular complexity index is 423. The van der Waals surface area contributed by atoms with Gasteiger partial charge in [0.25, 0.3) is 0 Å². The lowest BCUT2D eigenvalue weighted by molar-refractivity contribution is -0.142. The summed E-state index contributed by atoms with van der Waals surface area (Å²) < 4.78 is 4.57. The number of rotatable bonds is 6. The third-order valence-electron chi connectivity index (χ3n) is 3.85. The van der Waals surface area contributed by atoms with Gasteiger partial charge in [0, 0.05) is 19.0 Å². The predicted octanol–water partition coefficient (Wildman–Crippen LogP) is 0.740. The first-order valence-corrected chi connectivity index (χ1v) is 7.70. The quantitative estimate of drug-likeness (QED) is 0.757. The van der Waals surface area contributed by atoms with Crippen molar-refractivity contribution in [2.24, 2.45) is 11.8 Å². The standard InChI is InChI=1S/C15H27N3O4/c1-9(2)12(17-15(21)22-5)14(20)18-7-6-11(18)8-16-13(19)10(3)4/h9-12H,6-8H2,1-5H3,(H,16,19)(H,17,21)/t11?,12-/m0/s1. The summed E-state index contributed by atoms with van der Waals surface area (Å²) in [5, 5.41) is 5.42. The van der Waals surface area contributed by atoms with Crippen LogP contribution in [0.15, 0.2) is 0 Å². The van der Waals surface area contributed by atoms with E-state index in [1.807, 2.05) is 27.7 Å². The number of hydrogen-bond donors (Lipinski definition) is 2. The van der Waals surface area contributed by atoms with Gasteiger partial charge in [-0.1, -0.05) is 27.7 Å². The maximum atomic E-state index is 12.6. The average Bonchev–Trinajstić information content (AvgIpc) is 2.42. The van der Waals surface area contributed by atoms with Crippen molar-refractivity contribution >= 4 is 17.9 Å². The number of hydrogen-bond acceptors (Lipinski definition) is 4. The smallest absolute Gasteiger partial charge is 0.407 e. The van der Waals surface area contributed by atoms with Crippen LogP contribution in [0.4, 0.5) is 4.79 Å². The fraction of sp³-hybridized carbons (Fsp3) is 0.800. The molecule has 2 atom stereocenters. The first-order chi connectivity index (χ1) is 10.3. The van der Waals surface area contributed by atoms with Crippen molar-refractivity contribution in [2.75, 3.05) is 20.2 Å². The van der Waals surface area contributed by atoms with Crippen LogP contribution >= 0.6 is 0 Å². The highest BCUT2D eigenvalue weighted by Gasteiger charge is 2.37. The van der Waals surface area contributed by atoms with E-state index in [0.717, 1.165) is 6.42 Å². The van der Waals surface area contributed by atoms with Crippen molar-refractivity contribution < 1.29 is 19.1 Å². The summed E-state index contributed by atoms with van der Waals surface area (Å²) in [4.78, 5) is 37.2. The van der Waals surface area contributed by atoms with Crippen molar-refractivity contribution in [3.63, 3.8) is 0 Å². The lowest BCUT2D eigenvalue weighted by Crippen LogP contribution is -2.62. The molecule has 0 aromatic rings. The molecular weight excluding hydrogens is 286 g/mol. The van der Waals surface area contributed by atoms with Gasteiger partial charge in [0.15, 0.2) is 0 Å². The summed E-state index contributed by atoms with van der Waals surface area (Å²) in [7, 11) is 1.27. The van der Waals surface area contributed by atoms with Crippen molar-refractivity contribution in [3.8, 4) is 0 Å². The number of amides is 3. The molecule has 0 bridgehead atoms. The van der Waals surface area contributed by atoms with E-state index in [-0.39, 0.29) is 29.7 Å². The minimum Gasteiger partial charge on any atom is -0.453 e. The van der Waals surface area contributed by atoms with Crippen LogP contribution in [0.3, 0.4) is 0 Å². The predicted molar refractivity (Wildman–Crippen MR) is 82.1 cm³/mol. The Balaban J connectivity index is 2.59. The molecule has 0 saturated carbocycles. The monoisotopic (exact) mass is 313 g/mol. The molecule has 3 amide bonds. The number of methoxy groups -OCH3 is 1. The Hall–Kier alpha value is -1.79. The SMILES string of the molecule is COC(=O)N[C@H](C(=O)N1CCC1CNC(=O)C(C)C)C(C)C. The molecule has 1 heterocycles. The molecule has 7 heteroatoms. The summed E-state index contributed by atoms with van der Waals surface area (Å²) in [6.07, 6.45) is 0.241. The molecule has 2 N–H and O–H groups in total. The zero-order valence-electron chi connectivity index (χ0n) is 14.0. The number of ether oxygens (including phenoxy) is 1. The van der Waals surface area contributed by atoms with E-state index in [1.54, 1.807) is 4.90 Å². The van der Waals surface area contributed by atoms with Crippen LogP contribution < -0.4 is 10.6 Å². The molecule has 0 aliphatic carbocycles. The number of carbonyl (C=O) groups is 3. The van der Waals surface area contributed by atoms with Crippen LogP contribution in [0.25, 0.3) is 0 Å². The number of likely N-dealkylation sites (tertiary alicyclic amines) is 1. The number of alkyl carbamates (subject to hydrolysis) is 1. The number of carbonyl (C=O) groups excluding carboxylic acids is 3. The Morgan fingerprint density at radius 2 is 1.86 bits per heavy atom. The summed E-state index contributed by atoms with van der Waals surface area (Å²) in [6, 6.07) is -0.619. The van der Waals surface area contributed by atoms with Crippen LogP contribution in [-0.2, 0) is 14.3 Å². The molecule has 0 radical (unpaired) electrons. The highest BCUT2D eigenvalue weighted by Crippen LogP contribution is 2.20. The van der Waals surface area contributed by atoms with Gasteiger partial charge in [-0.3, -0.25) is 9.59 Å². The van der Waals surface area contributed by atoms with Crippen LogP contribution in [-0.4, -0.2) is 55.1 Å². The minimum absolute atomic E-state index is 0.00380. The average molecular weight is 313 g/mol. The first kappa shape index (κ1) is 18.3. The normalized spacial score (nSPS) is 18.7. The molecule has 1 rings (SSSR count). The molecule has 0 aromatic carbocycles. The van der Waals surface area contributed by atoms with Gasteiger partial charge in [-0.2, -0.15) is 0 Å². The Morgan fingerprint density at radius 1 is 1.23 bits per heavy atom. The molecule has 1 saturated heterocycles. The molecule has 1 aliphatic heterocycles. The lowest BCUT2D eigenvalue weighted by atomic mass is 9.96. The Morgan fingerprint density at radius 3 is 2.27 bits per heavy atom. The van der Waals surface area contributed by atoms with Crippen molar-refractivity contribution in [3.05, 3.63) is 0 Å². The van der Waals surface area contributed by atoms with E-state index in [4.69, 9.17) is 0 Å². The molecular formula is C15H27N3O4. The maximum absolute atomic E-state index is 12.6. The summed E-state index contributed by atoms with van der Waals surface area (Å²) in [5.74, 6) is -0.269. The number of nitrogens with zero attached hydrogens (tertiary/aromatic N) is 1. The second-order valence-corrected chi connectivity index (χ2v) is 6.23. The van der Waals surface area contributed by atoms with Gasteiger partial charge < -0.3 is 20.3 Å². The van der Waals surface area contributed by atoms with E-state index in [0.29, 0.717) is 13.1 Å². The van der Waals surface area contributed by atoms with Crippen molar-refractivity contribution in [1.29, 1.82) is 0 Å². The maximum Gasteiger partial charge on any atom is 0.407 e. The van der Waals surface area contributed by atoms with Crippen LogP contribution in [0.5, 0.6) is 0 Å². The largest absolute Gasteiger partial charge is 0.453 e. The zero-order chi connectivity index (χ0) is 16.9. The molecule has 0 aromatic heterocycles. The number of nitrogens with one attached hydrogen (secondary N) is 2. The van der Waals surface area contributed by atoms with Gasteiger partial charge in [0.05, 0.1) is 13.2 Å². The van der Waals surface area contributed by atoms with Gasteiger partial charge in [0.1, 0.15) is 6.04 Å². The van der Waals surface area contributed by atoms with Gasteiger partial charge in [-0.15, -0.1) is 0 Å². The van der Waals surface area contributed by atoms with Crippen molar-refractivity contribution in [1.82, 2.24) is 15.5 Å². The van der Waals surface area contributed by atoms with Crippen LogP contribution in [0.2, 0.25) is 0 Å². The van der Waals surface area contributed by atoms with Gasteiger partial charge >= 0.3 is 6.09 Å². The Kier molecular flexibility index (Phi) is 6.64. The molecule has 1 fully saturated rings. The summed E-state index contributed by atoms with van der Waals surface area (Å²) in [6.45, 7) is 8.49.